The Kier molecular flexibility index (Phi) is 8.84. The molecule has 44 heavy (non-hydrogen) atoms. The van der Waals surface area contributed by atoms with Crippen LogP contribution in [0.2, 0.25) is 5.02 Å². The van der Waals surface area contributed by atoms with Crippen molar-refractivity contribution in [2.75, 3.05) is 6.54 Å². The van der Waals surface area contributed by atoms with Crippen LogP contribution in [-0.2, 0) is 17.8 Å². The van der Waals surface area contributed by atoms with E-state index in [2.05, 4.69) is 35.7 Å². The van der Waals surface area contributed by atoms with Gasteiger partial charge in [0.25, 0.3) is 5.91 Å². The first-order chi connectivity index (χ1) is 21.3. The fourth-order valence-electron chi connectivity index (χ4n) is 6.43. The average molecular weight is 611 g/mol. The Morgan fingerprint density at radius 1 is 1.02 bits per heavy atom. The van der Waals surface area contributed by atoms with Crippen molar-refractivity contribution in [3.63, 3.8) is 0 Å². The number of carbonyl (C=O) groups is 2. The second-order valence-electron chi connectivity index (χ2n) is 11.8. The number of carbonyl (C=O) groups excluding carboxylic acids is 2. The Balaban J connectivity index is 1.19. The van der Waals surface area contributed by atoms with Crippen molar-refractivity contribution < 1.29 is 19.1 Å². The molecule has 0 bridgehead atoms. The minimum Gasteiger partial charge on any atom is -0.508 e. The van der Waals surface area contributed by atoms with E-state index in [1.165, 1.54) is 41.0 Å². The maximum Gasteiger partial charge on any atom is 0.287 e. The van der Waals surface area contributed by atoms with Crippen molar-refractivity contribution in [1.82, 2.24) is 10.2 Å². The zero-order valence-electron chi connectivity index (χ0n) is 24.4. The minimum atomic E-state index is -0.498. The second kappa shape index (κ2) is 13.1. The van der Waals surface area contributed by atoms with Crippen molar-refractivity contribution >= 4 is 34.4 Å². The number of hydrogen-bond acceptors (Lipinski definition) is 5. The largest absolute Gasteiger partial charge is 0.508 e. The van der Waals surface area contributed by atoms with Crippen LogP contribution in [0.1, 0.15) is 71.7 Å². The summed E-state index contributed by atoms with van der Waals surface area (Å²) in [4.78, 5) is 40.3. The van der Waals surface area contributed by atoms with Crippen LogP contribution >= 0.6 is 11.6 Å². The van der Waals surface area contributed by atoms with E-state index in [1.54, 1.807) is 0 Å². The second-order valence-corrected chi connectivity index (χ2v) is 12.2. The predicted molar refractivity (Wildman–Crippen MR) is 171 cm³/mol. The molecule has 2 aliphatic rings. The highest BCUT2D eigenvalue weighted by Crippen LogP contribution is 2.37. The number of allylic oxidation sites excluding steroid dienone is 1. The number of nitrogens with zero attached hydrogens (tertiary/aromatic N) is 1. The van der Waals surface area contributed by atoms with Crippen LogP contribution in [-0.4, -0.2) is 34.4 Å². The van der Waals surface area contributed by atoms with Crippen molar-refractivity contribution in [3.8, 4) is 5.75 Å². The zero-order valence-corrected chi connectivity index (χ0v) is 25.2. The highest BCUT2D eigenvalue weighted by molar-refractivity contribution is 6.30. The van der Waals surface area contributed by atoms with Gasteiger partial charge >= 0.3 is 0 Å². The number of nitrogens with one attached hydrogen (secondary N) is 1. The summed E-state index contributed by atoms with van der Waals surface area (Å²) in [5.74, 6) is -0.00448. The van der Waals surface area contributed by atoms with Crippen LogP contribution in [0, 0.1) is 0 Å². The Bertz CT molecular complexity index is 1770. The fraction of sp³-hybridized carbons (Fsp3) is 0.306. The van der Waals surface area contributed by atoms with Gasteiger partial charge < -0.3 is 19.7 Å². The molecule has 2 heterocycles. The Labute approximate surface area is 261 Å². The van der Waals surface area contributed by atoms with E-state index in [1.807, 2.05) is 29.2 Å². The SMILES string of the molecule is O=C(N[C@H](C=C1CCC(c2ccccc2CN2CCCC2=O)CC1)Cc1ccc(Cl)cc1)c1cc(=O)c2ccc(O)cc2o1. The standard InChI is InChI=1S/C36H35ClN2O5/c37-27-13-9-24(10-14-27)19-28(38-36(43)34-21-32(41)31-16-15-29(40)20-33(31)44-34)18-23-7-11-25(12-8-23)30-5-2-1-4-26(30)22-39-17-3-6-35(39)42/h1-2,4-5,9-10,13-16,18,20-21,25,28,40H,3,6-8,11-12,17,19,22H2,(H,38,43)/t25?,28-/m1/s1. The van der Waals surface area contributed by atoms with Crippen molar-refractivity contribution in [2.45, 2.75) is 63.5 Å². The summed E-state index contributed by atoms with van der Waals surface area (Å²) < 4.78 is 5.74. The third-order valence-corrected chi connectivity index (χ3v) is 8.97. The number of rotatable bonds is 8. The monoisotopic (exact) mass is 610 g/mol. The molecule has 7 nitrogen and oxygen atoms in total. The molecule has 226 valence electrons. The third kappa shape index (κ3) is 6.89. The molecule has 1 saturated heterocycles. The molecule has 8 heteroatoms. The van der Waals surface area contributed by atoms with E-state index in [0.717, 1.165) is 44.2 Å². The molecule has 0 radical (unpaired) electrons. The van der Waals surface area contributed by atoms with Gasteiger partial charge in [-0.25, -0.2) is 0 Å². The minimum absolute atomic E-state index is 0.0497. The van der Waals surface area contributed by atoms with Gasteiger partial charge in [-0.3, -0.25) is 14.4 Å². The highest BCUT2D eigenvalue weighted by atomic mass is 35.5. The first-order valence-corrected chi connectivity index (χ1v) is 15.6. The first kappa shape index (κ1) is 29.7. The van der Waals surface area contributed by atoms with Crippen molar-refractivity contribution in [2.24, 2.45) is 0 Å². The number of likely N-dealkylation sites (tertiary alicyclic amines) is 1. The van der Waals surface area contributed by atoms with Gasteiger partial charge in [-0.1, -0.05) is 59.6 Å². The normalized spacial score (nSPS) is 17.6. The van der Waals surface area contributed by atoms with Crippen LogP contribution < -0.4 is 10.7 Å². The van der Waals surface area contributed by atoms with Gasteiger partial charge in [-0.05, 0) is 85.4 Å². The highest BCUT2D eigenvalue weighted by Gasteiger charge is 2.25. The summed E-state index contributed by atoms with van der Waals surface area (Å²) >= 11 is 6.11. The number of aromatic hydroxyl groups is 1. The van der Waals surface area contributed by atoms with E-state index in [0.29, 0.717) is 35.7 Å². The number of amides is 2. The lowest BCUT2D eigenvalue weighted by Gasteiger charge is -2.28. The molecule has 0 unspecified atom stereocenters. The van der Waals surface area contributed by atoms with Gasteiger partial charge in [0.05, 0.1) is 11.4 Å². The molecule has 2 N–H and O–H groups in total. The molecule has 1 aliphatic heterocycles. The van der Waals surface area contributed by atoms with Gasteiger partial charge in [-0.15, -0.1) is 0 Å². The summed E-state index contributed by atoms with van der Waals surface area (Å²) in [6.45, 7) is 1.50. The molecule has 1 atom stereocenters. The lowest BCUT2D eigenvalue weighted by molar-refractivity contribution is -0.128. The molecule has 1 saturated carbocycles. The average Bonchev–Trinajstić information content (AvgIpc) is 3.42. The lowest BCUT2D eigenvalue weighted by atomic mass is 9.79. The van der Waals surface area contributed by atoms with Gasteiger partial charge in [-0.2, -0.15) is 0 Å². The smallest absolute Gasteiger partial charge is 0.287 e. The van der Waals surface area contributed by atoms with Crippen LogP contribution in [0.5, 0.6) is 5.75 Å². The number of phenols is 1. The van der Waals surface area contributed by atoms with Crippen LogP contribution in [0.15, 0.2) is 93.7 Å². The third-order valence-electron chi connectivity index (χ3n) is 8.71. The fourth-order valence-corrected chi connectivity index (χ4v) is 6.55. The number of benzene rings is 3. The van der Waals surface area contributed by atoms with E-state index in [9.17, 15) is 19.5 Å². The lowest BCUT2D eigenvalue weighted by Crippen LogP contribution is -2.36. The molecule has 2 amide bonds. The Morgan fingerprint density at radius 2 is 1.80 bits per heavy atom. The summed E-state index contributed by atoms with van der Waals surface area (Å²) in [5, 5.41) is 13.8. The number of hydrogen-bond donors (Lipinski definition) is 2. The Hall–Kier alpha value is -4.36. The maximum atomic E-state index is 13.4. The first-order valence-electron chi connectivity index (χ1n) is 15.2. The van der Waals surface area contributed by atoms with Crippen molar-refractivity contribution in [1.29, 1.82) is 0 Å². The predicted octanol–water partition coefficient (Wildman–Crippen LogP) is 6.90. The van der Waals surface area contributed by atoms with E-state index < -0.39 is 5.91 Å². The molecule has 0 spiro atoms. The maximum absolute atomic E-state index is 13.4. The zero-order chi connectivity index (χ0) is 30.6. The quantitative estimate of drug-likeness (QED) is 0.211. The van der Waals surface area contributed by atoms with Gasteiger partial charge in [0, 0.05) is 36.7 Å². The molecule has 6 rings (SSSR count). The molecule has 2 fully saturated rings. The molecular weight excluding hydrogens is 576 g/mol. The summed E-state index contributed by atoms with van der Waals surface area (Å²) in [7, 11) is 0. The van der Waals surface area contributed by atoms with Gasteiger partial charge in [0.15, 0.2) is 11.2 Å². The van der Waals surface area contributed by atoms with E-state index in [-0.39, 0.29) is 34.5 Å². The topological polar surface area (TPSA) is 99.9 Å². The van der Waals surface area contributed by atoms with Crippen molar-refractivity contribution in [3.05, 3.63) is 122 Å². The summed E-state index contributed by atoms with van der Waals surface area (Å²) in [6.07, 6.45) is 8.04. The summed E-state index contributed by atoms with van der Waals surface area (Å²) in [5.41, 5.74) is 4.66. The molecular formula is C36H35ClN2O5. The van der Waals surface area contributed by atoms with Crippen LogP contribution in [0.3, 0.4) is 0 Å². The van der Waals surface area contributed by atoms with Gasteiger partial charge in [0.1, 0.15) is 11.3 Å². The molecule has 3 aromatic carbocycles. The van der Waals surface area contributed by atoms with E-state index >= 15 is 0 Å². The summed E-state index contributed by atoms with van der Waals surface area (Å²) in [6, 6.07) is 21.1. The van der Waals surface area contributed by atoms with Gasteiger partial charge in [0.2, 0.25) is 5.91 Å². The van der Waals surface area contributed by atoms with Crippen LogP contribution in [0.4, 0.5) is 0 Å². The molecule has 4 aromatic rings. The molecule has 1 aromatic heterocycles. The van der Waals surface area contributed by atoms with Crippen LogP contribution in [0.25, 0.3) is 11.0 Å². The van der Waals surface area contributed by atoms with E-state index in [4.69, 9.17) is 16.0 Å². The number of halogens is 1. The Morgan fingerprint density at radius 3 is 2.55 bits per heavy atom. The number of phenolic OH excluding ortho intramolecular Hbond substituents is 1. The molecule has 1 aliphatic carbocycles. The number of fused-ring (bicyclic) bond motifs is 1.